The molecule has 0 saturated heterocycles. The van der Waals surface area contributed by atoms with Crippen LogP contribution in [0.5, 0.6) is 11.5 Å². The van der Waals surface area contributed by atoms with E-state index in [9.17, 15) is 4.79 Å². The lowest BCUT2D eigenvalue weighted by Gasteiger charge is -2.11. The van der Waals surface area contributed by atoms with Crippen molar-refractivity contribution in [1.29, 1.82) is 0 Å². The summed E-state index contributed by atoms with van der Waals surface area (Å²) in [4.78, 5) is 15.6. The van der Waals surface area contributed by atoms with Gasteiger partial charge in [-0.2, -0.15) is 0 Å². The van der Waals surface area contributed by atoms with Crippen molar-refractivity contribution in [1.82, 2.24) is 9.55 Å². The molecule has 0 aliphatic heterocycles. The highest BCUT2D eigenvalue weighted by molar-refractivity contribution is 7.71. The first kappa shape index (κ1) is 15.5. The Labute approximate surface area is 127 Å². The van der Waals surface area contributed by atoms with E-state index in [2.05, 4.69) is 4.98 Å². The van der Waals surface area contributed by atoms with E-state index >= 15 is 0 Å². The van der Waals surface area contributed by atoms with Gasteiger partial charge in [-0.3, -0.25) is 9.36 Å². The summed E-state index contributed by atoms with van der Waals surface area (Å²) in [5.74, 6) is 1.07. The van der Waals surface area contributed by atoms with Crippen LogP contribution in [0.15, 0.2) is 16.9 Å². The minimum atomic E-state index is -0.133. The highest BCUT2D eigenvalue weighted by Crippen LogP contribution is 2.29. The Morgan fingerprint density at radius 2 is 1.90 bits per heavy atom. The van der Waals surface area contributed by atoms with Crippen LogP contribution < -0.4 is 20.8 Å². The van der Waals surface area contributed by atoms with Gasteiger partial charge in [0.2, 0.25) is 0 Å². The molecular formula is C14H19N3O3S. The van der Waals surface area contributed by atoms with Crippen LogP contribution in [-0.2, 0) is 6.54 Å². The Morgan fingerprint density at radius 3 is 2.52 bits per heavy atom. The number of ether oxygens (including phenoxy) is 2. The summed E-state index contributed by atoms with van der Waals surface area (Å²) in [6.07, 6.45) is 1.66. The van der Waals surface area contributed by atoms with Crippen LogP contribution in [0.4, 0.5) is 0 Å². The van der Waals surface area contributed by atoms with E-state index in [-0.39, 0.29) is 5.56 Å². The van der Waals surface area contributed by atoms with Crippen molar-refractivity contribution >= 4 is 23.1 Å². The Morgan fingerprint density at radius 1 is 1.24 bits per heavy atom. The first-order valence-electron chi connectivity index (χ1n) is 6.71. The summed E-state index contributed by atoms with van der Waals surface area (Å²) in [5.41, 5.74) is 5.98. The number of fused-ring (bicyclic) bond motifs is 1. The van der Waals surface area contributed by atoms with Crippen LogP contribution in [0.3, 0.4) is 0 Å². The zero-order chi connectivity index (χ0) is 15.4. The average molecular weight is 309 g/mol. The maximum absolute atomic E-state index is 12.6. The smallest absolute Gasteiger partial charge is 0.262 e. The summed E-state index contributed by atoms with van der Waals surface area (Å²) >= 11 is 5.26. The minimum absolute atomic E-state index is 0.133. The van der Waals surface area contributed by atoms with Crippen molar-refractivity contribution in [2.24, 2.45) is 5.73 Å². The molecule has 2 rings (SSSR count). The van der Waals surface area contributed by atoms with Gasteiger partial charge in [-0.15, -0.1) is 0 Å². The molecule has 0 saturated carbocycles. The number of nitrogens with zero attached hydrogens (tertiary/aromatic N) is 1. The van der Waals surface area contributed by atoms with E-state index in [1.54, 1.807) is 23.8 Å². The molecular weight excluding hydrogens is 290 g/mol. The maximum atomic E-state index is 12.6. The van der Waals surface area contributed by atoms with Gasteiger partial charge in [-0.05, 0) is 37.7 Å². The number of rotatable bonds is 6. The molecule has 0 aliphatic carbocycles. The normalized spacial score (nSPS) is 10.8. The van der Waals surface area contributed by atoms with Gasteiger partial charge >= 0.3 is 0 Å². The lowest BCUT2D eigenvalue weighted by molar-refractivity contribution is 0.355. The molecule has 0 fully saturated rings. The number of aromatic amines is 1. The molecule has 0 unspecified atom stereocenters. The molecule has 6 nitrogen and oxygen atoms in total. The monoisotopic (exact) mass is 309 g/mol. The molecule has 2 aromatic rings. The zero-order valence-electron chi connectivity index (χ0n) is 12.1. The second kappa shape index (κ2) is 6.73. The average Bonchev–Trinajstić information content (AvgIpc) is 2.49. The van der Waals surface area contributed by atoms with Gasteiger partial charge < -0.3 is 20.2 Å². The van der Waals surface area contributed by atoms with Crippen molar-refractivity contribution in [2.75, 3.05) is 20.8 Å². The van der Waals surface area contributed by atoms with Gasteiger partial charge in [0.25, 0.3) is 5.56 Å². The Kier molecular flexibility index (Phi) is 4.98. The molecule has 1 aromatic carbocycles. The van der Waals surface area contributed by atoms with Crippen LogP contribution in [0.2, 0.25) is 0 Å². The third-order valence-corrected chi connectivity index (χ3v) is 3.64. The fourth-order valence-corrected chi connectivity index (χ4v) is 2.48. The predicted molar refractivity (Wildman–Crippen MR) is 84.8 cm³/mol. The molecule has 3 N–H and O–H groups in total. The number of benzene rings is 1. The highest BCUT2D eigenvalue weighted by Gasteiger charge is 2.11. The van der Waals surface area contributed by atoms with E-state index in [4.69, 9.17) is 27.4 Å². The topological polar surface area (TPSA) is 82.3 Å². The highest BCUT2D eigenvalue weighted by atomic mass is 32.1. The van der Waals surface area contributed by atoms with Gasteiger partial charge in [0.1, 0.15) is 0 Å². The SMILES string of the molecule is COc1cc2[nH]c(=S)n(CCCCN)c(=O)c2cc1OC. The number of nitrogens with two attached hydrogens (primary N) is 1. The second-order valence-corrected chi connectivity index (χ2v) is 5.02. The Balaban J connectivity index is 2.59. The Hall–Kier alpha value is -1.86. The lowest BCUT2D eigenvalue weighted by Crippen LogP contribution is -2.22. The van der Waals surface area contributed by atoms with Crippen LogP contribution in [0, 0.1) is 4.77 Å². The first-order valence-corrected chi connectivity index (χ1v) is 7.12. The van der Waals surface area contributed by atoms with Crippen LogP contribution in [0.25, 0.3) is 10.9 Å². The fourth-order valence-electron chi connectivity index (χ4n) is 2.20. The number of aromatic nitrogens is 2. The maximum Gasteiger partial charge on any atom is 0.262 e. The summed E-state index contributed by atoms with van der Waals surface area (Å²) in [5, 5.41) is 0.522. The van der Waals surface area contributed by atoms with Gasteiger partial charge in [0.05, 0.1) is 25.1 Å². The third kappa shape index (κ3) is 3.08. The number of hydrogen-bond acceptors (Lipinski definition) is 5. The standard InChI is InChI=1S/C14H19N3O3S/c1-19-11-7-9-10(8-12(11)20-2)16-14(21)17(13(9)18)6-4-3-5-15/h7-8H,3-6,15H2,1-2H3,(H,16,21). The van der Waals surface area contributed by atoms with Gasteiger partial charge in [-0.25, -0.2) is 0 Å². The minimum Gasteiger partial charge on any atom is -0.493 e. The predicted octanol–water partition coefficient (Wildman–Crippen LogP) is 1.82. The van der Waals surface area contributed by atoms with Crippen LogP contribution >= 0.6 is 12.2 Å². The molecule has 7 heteroatoms. The van der Waals surface area contributed by atoms with E-state index in [1.165, 1.54) is 7.11 Å². The lowest BCUT2D eigenvalue weighted by atomic mass is 10.2. The molecule has 0 aliphatic rings. The number of nitrogens with one attached hydrogen (secondary N) is 1. The second-order valence-electron chi connectivity index (χ2n) is 4.64. The molecule has 1 heterocycles. The van der Waals surface area contributed by atoms with Crippen molar-refractivity contribution in [3.05, 3.63) is 27.3 Å². The van der Waals surface area contributed by atoms with Crippen molar-refractivity contribution in [2.45, 2.75) is 19.4 Å². The van der Waals surface area contributed by atoms with Crippen LogP contribution in [0.1, 0.15) is 12.8 Å². The summed E-state index contributed by atoms with van der Waals surface area (Å²) in [6, 6.07) is 3.39. The summed E-state index contributed by atoms with van der Waals surface area (Å²) < 4.78 is 12.4. The van der Waals surface area contributed by atoms with E-state index < -0.39 is 0 Å². The van der Waals surface area contributed by atoms with Gasteiger partial charge in [-0.1, -0.05) is 0 Å². The molecule has 0 bridgehead atoms. The van der Waals surface area contributed by atoms with Gasteiger partial charge in [0, 0.05) is 12.6 Å². The molecule has 114 valence electrons. The van der Waals surface area contributed by atoms with E-state index in [0.29, 0.717) is 40.3 Å². The quantitative estimate of drug-likeness (QED) is 0.628. The largest absolute Gasteiger partial charge is 0.493 e. The molecule has 1 aromatic heterocycles. The molecule has 0 amide bonds. The molecule has 0 radical (unpaired) electrons. The summed E-state index contributed by atoms with van der Waals surface area (Å²) in [7, 11) is 3.08. The van der Waals surface area contributed by atoms with E-state index in [1.807, 2.05) is 0 Å². The molecule has 0 spiro atoms. The zero-order valence-corrected chi connectivity index (χ0v) is 13.0. The molecule has 0 atom stereocenters. The van der Waals surface area contributed by atoms with Crippen molar-refractivity contribution in [3.63, 3.8) is 0 Å². The first-order chi connectivity index (χ1) is 10.1. The Bertz CT molecular complexity index is 751. The van der Waals surface area contributed by atoms with Crippen molar-refractivity contribution in [3.8, 4) is 11.5 Å². The number of hydrogen-bond donors (Lipinski definition) is 2. The number of H-pyrrole nitrogens is 1. The fraction of sp³-hybridized carbons (Fsp3) is 0.429. The third-order valence-electron chi connectivity index (χ3n) is 3.32. The summed E-state index contributed by atoms with van der Waals surface area (Å²) in [6.45, 7) is 1.15. The molecule has 21 heavy (non-hydrogen) atoms. The van der Waals surface area contributed by atoms with Crippen LogP contribution in [-0.4, -0.2) is 30.3 Å². The number of methoxy groups -OCH3 is 2. The number of unbranched alkanes of at least 4 members (excludes halogenated alkanes) is 1. The van der Waals surface area contributed by atoms with Gasteiger partial charge in [0.15, 0.2) is 16.3 Å². The van der Waals surface area contributed by atoms with Crippen molar-refractivity contribution < 1.29 is 9.47 Å². The van der Waals surface area contributed by atoms with E-state index in [0.717, 1.165) is 12.8 Å².